The Hall–Kier alpha value is -3.93. The molecule has 0 fully saturated rings. The summed E-state index contributed by atoms with van der Waals surface area (Å²) in [6.07, 6.45) is -3.73. The molecule has 0 amide bonds. The molecule has 0 bridgehead atoms. The van der Waals surface area contributed by atoms with E-state index in [1.54, 1.807) is 19.1 Å². The van der Waals surface area contributed by atoms with Crippen molar-refractivity contribution in [3.8, 4) is 16.9 Å². The summed E-state index contributed by atoms with van der Waals surface area (Å²) in [5.41, 5.74) is -1.64. The van der Waals surface area contributed by atoms with E-state index in [0.29, 0.717) is 22.2 Å². The third-order valence-electron chi connectivity index (χ3n) is 6.84. The SMILES string of the molecule is COc1cccc(-c2c(C)c(Cc3c(F)cccc3C(F)(F)F)c3n(c2=O)C(CNc2cccnn2)CS3)c1F. The lowest BCUT2D eigenvalue weighted by molar-refractivity contribution is -0.138. The second-order valence-corrected chi connectivity index (χ2v) is 10.2. The molecule has 6 nitrogen and oxygen atoms in total. The Kier molecular flexibility index (Phi) is 7.54. The Labute approximate surface area is 230 Å². The maximum atomic E-state index is 15.5. The molecule has 208 valence electrons. The van der Waals surface area contributed by atoms with Gasteiger partial charge in [0.25, 0.3) is 5.56 Å². The van der Waals surface area contributed by atoms with Crippen LogP contribution >= 0.6 is 11.8 Å². The smallest absolute Gasteiger partial charge is 0.416 e. The van der Waals surface area contributed by atoms with Gasteiger partial charge in [-0.25, -0.2) is 8.78 Å². The first-order chi connectivity index (χ1) is 19.1. The fourth-order valence-electron chi connectivity index (χ4n) is 4.90. The molecule has 0 saturated heterocycles. The molecule has 4 aromatic rings. The Morgan fingerprint density at radius 3 is 2.58 bits per heavy atom. The van der Waals surface area contributed by atoms with Gasteiger partial charge in [0.1, 0.15) is 11.6 Å². The van der Waals surface area contributed by atoms with Crippen molar-refractivity contribution in [2.75, 3.05) is 24.7 Å². The number of nitrogens with one attached hydrogen (secondary N) is 1. The van der Waals surface area contributed by atoms with Gasteiger partial charge < -0.3 is 10.1 Å². The maximum absolute atomic E-state index is 15.5. The minimum Gasteiger partial charge on any atom is -0.494 e. The predicted octanol–water partition coefficient (Wildman–Crippen LogP) is 6.27. The molecule has 40 heavy (non-hydrogen) atoms. The van der Waals surface area contributed by atoms with Crippen molar-refractivity contribution < 1.29 is 26.7 Å². The van der Waals surface area contributed by atoms with Crippen LogP contribution in [0.2, 0.25) is 0 Å². The van der Waals surface area contributed by atoms with E-state index < -0.39 is 47.0 Å². The number of hydrogen-bond donors (Lipinski definition) is 1. The Morgan fingerprint density at radius 2 is 1.88 bits per heavy atom. The third kappa shape index (κ3) is 5.03. The first kappa shape index (κ1) is 27.6. The van der Waals surface area contributed by atoms with Crippen molar-refractivity contribution in [1.29, 1.82) is 0 Å². The van der Waals surface area contributed by atoms with Crippen molar-refractivity contribution >= 4 is 17.6 Å². The van der Waals surface area contributed by atoms with E-state index in [0.717, 1.165) is 18.2 Å². The van der Waals surface area contributed by atoms with Crippen LogP contribution in [-0.4, -0.2) is 34.2 Å². The molecule has 0 saturated carbocycles. The van der Waals surface area contributed by atoms with Crippen LogP contribution in [0.15, 0.2) is 64.5 Å². The average Bonchev–Trinajstić information content (AvgIpc) is 3.35. The summed E-state index contributed by atoms with van der Waals surface area (Å²) < 4.78 is 78.5. The fourth-order valence-corrected chi connectivity index (χ4v) is 6.29. The van der Waals surface area contributed by atoms with E-state index in [1.807, 2.05) is 0 Å². The highest BCUT2D eigenvalue weighted by atomic mass is 32.2. The van der Waals surface area contributed by atoms with Crippen LogP contribution < -0.4 is 15.6 Å². The van der Waals surface area contributed by atoms with Gasteiger partial charge in [-0.2, -0.15) is 18.3 Å². The molecule has 1 aliphatic heterocycles. The van der Waals surface area contributed by atoms with Crippen LogP contribution in [-0.2, 0) is 12.6 Å². The van der Waals surface area contributed by atoms with Gasteiger partial charge in [-0.15, -0.1) is 16.9 Å². The number of benzene rings is 2. The molecule has 1 aliphatic rings. The fraction of sp³-hybridized carbons (Fsp3) is 0.250. The number of thioether (sulfide) groups is 1. The summed E-state index contributed by atoms with van der Waals surface area (Å²) in [6, 6.07) is 10.1. The van der Waals surface area contributed by atoms with Crippen LogP contribution in [0.1, 0.15) is 28.3 Å². The first-order valence-corrected chi connectivity index (χ1v) is 13.2. The van der Waals surface area contributed by atoms with Crippen LogP contribution in [0.5, 0.6) is 5.75 Å². The molecule has 2 aromatic heterocycles. The molecule has 0 radical (unpaired) electrons. The number of alkyl halides is 3. The van der Waals surface area contributed by atoms with Crippen molar-refractivity contribution in [2.45, 2.75) is 30.6 Å². The van der Waals surface area contributed by atoms with Crippen molar-refractivity contribution in [3.63, 3.8) is 0 Å². The lowest BCUT2D eigenvalue weighted by Gasteiger charge is -2.22. The summed E-state index contributed by atoms with van der Waals surface area (Å²) in [7, 11) is 1.29. The molecular formula is C28H23F5N4O2S. The minimum atomic E-state index is -4.79. The van der Waals surface area contributed by atoms with Crippen LogP contribution in [0.4, 0.5) is 27.8 Å². The summed E-state index contributed by atoms with van der Waals surface area (Å²) in [4.78, 5) is 14.0. The number of halogens is 5. The van der Waals surface area contributed by atoms with Crippen LogP contribution in [0.3, 0.4) is 0 Å². The number of fused-ring (bicyclic) bond motifs is 1. The second kappa shape index (κ2) is 10.9. The molecule has 1 unspecified atom stereocenters. The number of ether oxygens (including phenoxy) is 1. The normalized spacial score (nSPS) is 14.7. The van der Waals surface area contributed by atoms with E-state index in [2.05, 4.69) is 15.5 Å². The molecule has 12 heteroatoms. The van der Waals surface area contributed by atoms with Crippen LogP contribution in [0.25, 0.3) is 11.1 Å². The number of hydrogen-bond acceptors (Lipinski definition) is 6. The molecule has 1 atom stereocenters. The maximum Gasteiger partial charge on any atom is 0.416 e. The minimum absolute atomic E-state index is 0.0212. The topological polar surface area (TPSA) is 69.0 Å². The Bertz CT molecular complexity index is 1630. The van der Waals surface area contributed by atoms with Gasteiger partial charge in [0, 0.05) is 36.0 Å². The molecule has 3 heterocycles. The molecule has 5 rings (SSSR count). The number of aromatic nitrogens is 3. The van der Waals surface area contributed by atoms with E-state index in [1.165, 1.54) is 47.8 Å². The molecule has 2 aromatic carbocycles. The highest BCUT2D eigenvalue weighted by Gasteiger charge is 2.36. The molecule has 0 aliphatic carbocycles. The summed E-state index contributed by atoms with van der Waals surface area (Å²) >= 11 is 1.29. The average molecular weight is 575 g/mol. The predicted molar refractivity (Wildman–Crippen MR) is 142 cm³/mol. The quantitative estimate of drug-likeness (QED) is 0.263. The largest absolute Gasteiger partial charge is 0.494 e. The third-order valence-corrected chi connectivity index (χ3v) is 8.10. The zero-order chi connectivity index (χ0) is 28.6. The lowest BCUT2D eigenvalue weighted by atomic mass is 9.92. The Balaban J connectivity index is 1.71. The van der Waals surface area contributed by atoms with E-state index >= 15 is 4.39 Å². The second-order valence-electron chi connectivity index (χ2n) is 9.18. The zero-order valence-corrected chi connectivity index (χ0v) is 22.2. The summed E-state index contributed by atoms with van der Waals surface area (Å²) in [6.45, 7) is 1.79. The van der Waals surface area contributed by atoms with E-state index in [4.69, 9.17) is 4.74 Å². The standard InChI is InChI=1S/C28H23F5N4O2S/c1-15-18(12-19-20(28(31,32)33)7-4-8-21(19)29)27-37(16(14-40-27)13-34-23-10-5-11-35-36-23)26(38)24(15)17-6-3-9-22(39-2)25(17)30/h3-11,16H,12-14H2,1-2H3,(H,34,36). The van der Waals surface area contributed by atoms with Crippen molar-refractivity contribution in [1.82, 2.24) is 14.8 Å². The van der Waals surface area contributed by atoms with Crippen LogP contribution in [0, 0.1) is 18.6 Å². The lowest BCUT2D eigenvalue weighted by Crippen LogP contribution is -2.31. The monoisotopic (exact) mass is 574 g/mol. The van der Waals surface area contributed by atoms with Gasteiger partial charge in [0.15, 0.2) is 11.6 Å². The molecule has 1 N–H and O–H groups in total. The van der Waals surface area contributed by atoms with Gasteiger partial charge >= 0.3 is 6.18 Å². The number of nitrogens with zero attached hydrogens (tertiary/aromatic N) is 3. The molecule has 0 spiro atoms. The van der Waals surface area contributed by atoms with E-state index in [9.17, 15) is 22.4 Å². The number of anilines is 1. The van der Waals surface area contributed by atoms with Gasteiger partial charge in [0.2, 0.25) is 0 Å². The highest BCUT2D eigenvalue weighted by Crippen LogP contribution is 2.42. The van der Waals surface area contributed by atoms with E-state index in [-0.39, 0.29) is 29.0 Å². The zero-order valence-electron chi connectivity index (χ0n) is 21.4. The van der Waals surface area contributed by atoms with Gasteiger partial charge in [0.05, 0.1) is 29.3 Å². The number of rotatable bonds is 7. The first-order valence-electron chi connectivity index (χ1n) is 12.2. The molecular weight excluding hydrogens is 551 g/mol. The summed E-state index contributed by atoms with van der Waals surface area (Å²) in [5, 5.41) is 11.3. The highest BCUT2D eigenvalue weighted by molar-refractivity contribution is 7.99. The number of methoxy groups -OCH3 is 1. The van der Waals surface area contributed by atoms with Gasteiger partial charge in [-0.3, -0.25) is 9.36 Å². The van der Waals surface area contributed by atoms with Gasteiger partial charge in [-0.1, -0.05) is 18.2 Å². The van der Waals surface area contributed by atoms with Crippen molar-refractivity contribution in [3.05, 3.63) is 99.0 Å². The number of pyridine rings is 1. The van der Waals surface area contributed by atoms with Crippen molar-refractivity contribution in [2.24, 2.45) is 0 Å². The van der Waals surface area contributed by atoms with Gasteiger partial charge in [-0.05, 0) is 48.4 Å². The summed E-state index contributed by atoms with van der Waals surface area (Å²) in [5.74, 6) is -1.01. The Morgan fingerprint density at radius 1 is 1.10 bits per heavy atom.